The third-order valence-corrected chi connectivity index (χ3v) is 6.19. The van der Waals surface area contributed by atoms with Crippen LogP contribution in [0.5, 0.6) is 5.88 Å². The van der Waals surface area contributed by atoms with Crippen molar-refractivity contribution in [2.45, 2.75) is 45.4 Å². The number of rotatable bonds is 5. The summed E-state index contributed by atoms with van der Waals surface area (Å²) in [6.07, 6.45) is 5.97. The lowest BCUT2D eigenvalue weighted by molar-refractivity contribution is 0.0663. The van der Waals surface area contributed by atoms with Crippen LogP contribution in [0.15, 0.2) is 12.4 Å². The maximum atomic E-state index is 12.7. The van der Waals surface area contributed by atoms with Gasteiger partial charge >= 0.3 is 0 Å². The van der Waals surface area contributed by atoms with E-state index in [1.54, 1.807) is 6.33 Å². The molecule has 0 bridgehead atoms. The number of ether oxygens (including phenoxy) is 1. The normalized spacial score (nSPS) is 18.2. The number of piperidine rings is 1. The van der Waals surface area contributed by atoms with Gasteiger partial charge in [0.25, 0.3) is 5.91 Å². The molecule has 6 nitrogen and oxygen atoms in total. The van der Waals surface area contributed by atoms with Gasteiger partial charge in [-0.15, -0.1) is 11.3 Å². The SMILES string of the molecule is Cc1nc(C)c(C(=O)N2CCC(COc3cc(C4CC4)ncn3)CC2)s1. The van der Waals surface area contributed by atoms with Crippen LogP contribution in [0.25, 0.3) is 0 Å². The van der Waals surface area contributed by atoms with E-state index in [0.29, 0.717) is 24.3 Å². The highest BCUT2D eigenvalue weighted by Gasteiger charge is 2.27. The molecule has 1 aliphatic carbocycles. The highest BCUT2D eigenvalue weighted by atomic mass is 32.1. The van der Waals surface area contributed by atoms with Crippen molar-refractivity contribution in [3.8, 4) is 5.88 Å². The van der Waals surface area contributed by atoms with Gasteiger partial charge in [-0.25, -0.2) is 15.0 Å². The van der Waals surface area contributed by atoms with Gasteiger partial charge < -0.3 is 9.64 Å². The Hall–Kier alpha value is -2.02. The number of aryl methyl sites for hydroxylation is 2. The van der Waals surface area contributed by atoms with Crippen molar-refractivity contribution < 1.29 is 9.53 Å². The van der Waals surface area contributed by atoms with Crippen molar-refractivity contribution >= 4 is 17.2 Å². The van der Waals surface area contributed by atoms with Crippen molar-refractivity contribution in [2.24, 2.45) is 5.92 Å². The van der Waals surface area contributed by atoms with E-state index in [4.69, 9.17) is 4.74 Å². The van der Waals surface area contributed by atoms with Crippen LogP contribution < -0.4 is 4.74 Å². The minimum Gasteiger partial charge on any atom is -0.477 e. The lowest BCUT2D eigenvalue weighted by Crippen LogP contribution is -2.39. The van der Waals surface area contributed by atoms with Gasteiger partial charge in [0.2, 0.25) is 5.88 Å². The number of carbonyl (C=O) groups excluding carboxylic acids is 1. The van der Waals surface area contributed by atoms with Gasteiger partial charge in [-0.1, -0.05) is 0 Å². The summed E-state index contributed by atoms with van der Waals surface area (Å²) in [6.45, 7) is 6.07. The van der Waals surface area contributed by atoms with E-state index >= 15 is 0 Å². The summed E-state index contributed by atoms with van der Waals surface area (Å²) in [5.41, 5.74) is 1.95. The third-order valence-electron chi connectivity index (χ3n) is 5.13. The van der Waals surface area contributed by atoms with Crippen molar-refractivity contribution in [1.29, 1.82) is 0 Å². The first-order valence-corrected chi connectivity index (χ1v) is 10.1. The Morgan fingerprint density at radius 2 is 2.00 bits per heavy atom. The molecular weight excluding hydrogens is 348 g/mol. The first-order valence-electron chi connectivity index (χ1n) is 9.28. The van der Waals surface area contributed by atoms with Crippen molar-refractivity contribution in [3.05, 3.63) is 33.7 Å². The molecule has 7 heteroatoms. The van der Waals surface area contributed by atoms with E-state index in [1.807, 2.05) is 24.8 Å². The zero-order chi connectivity index (χ0) is 18.1. The minimum atomic E-state index is 0.123. The van der Waals surface area contributed by atoms with Gasteiger partial charge in [0.05, 0.1) is 23.0 Å². The monoisotopic (exact) mass is 372 g/mol. The molecule has 1 amide bonds. The Kier molecular flexibility index (Phi) is 4.89. The molecule has 0 aromatic carbocycles. The summed E-state index contributed by atoms with van der Waals surface area (Å²) in [7, 11) is 0. The summed E-state index contributed by atoms with van der Waals surface area (Å²) in [5, 5.41) is 0.949. The fourth-order valence-corrected chi connectivity index (χ4v) is 4.30. The van der Waals surface area contributed by atoms with Gasteiger partial charge in [-0.2, -0.15) is 0 Å². The van der Waals surface area contributed by atoms with Crippen molar-refractivity contribution in [2.75, 3.05) is 19.7 Å². The van der Waals surface area contributed by atoms with Crippen LogP contribution in [0.2, 0.25) is 0 Å². The summed E-state index contributed by atoms with van der Waals surface area (Å²) in [6, 6.07) is 1.98. The van der Waals surface area contributed by atoms with E-state index in [9.17, 15) is 4.79 Å². The third kappa shape index (κ3) is 3.87. The second-order valence-corrected chi connectivity index (χ2v) is 8.45. The van der Waals surface area contributed by atoms with E-state index in [1.165, 1.54) is 24.2 Å². The molecule has 0 spiro atoms. The van der Waals surface area contributed by atoms with Crippen LogP contribution in [0.1, 0.15) is 57.7 Å². The number of likely N-dealkylation sites (tertiary alicyclic amines) is 1. The maximum absolute atomic E-state index is 12.7. The second kappa shape index (κ2) is 7.31. The lowest BCUT2D eigenvalue weighted by atomic mass is 9.97. The number of carbonyl (C=O) groups is 1. The molecule has 1 saturated heterocycles. The van der Waals surface area contributed by atoms with Crippen LogP contribution >= 0.6 is 11.3 Å². The van der Waals surface area contributed by atoms with Crippen molar-refractivity contribution in [3.63, 3.8) is 0 Å². The molecule has 0 N–H and O–H groups in total. The lowest BCUT2D eigenvalue weighted by Gasteiger charge is -2.31. The summed E-state index contributed by atoms with van der Waals surface area (Å²) < 4.78 is 5.90. The van der Waals surface area contributed by atoms with Crippen LogP contribution in [-0.2, 0) is 0 Å². The minimum absolute atomic E-state index is 0.123. The molecule has 2 aromatic rings. The number of hydrogen-bond acceptors (Lipinski definition) is 6. The Morgan fingerprint density at radius 3 is 2.65 bits per heavy atom. The van der Waals surface area contributed by atoms with Crippen molar-refractivity contribution in [1.82, 2.24) is 19.9 Å². The summed E-state index contributed by atoms with van der Waals surface area (Å²) in [5.74, 6) is 1.87. The van der Waals surface area contributed by atoms with E-state index < -0.39 is 0 Å². The van der Waals surface area contributed by atoms with E-state index in [0.717, 1.165) is 47.2 Å². The molecule has 26 heavy (non-hydrogen) atoms. The molecule has 2 aliphatic rings. The highest BCUT2D eigenvalue weighted by molar-refractivity contribution is 7.13. The quantitative estimate of drug-likeness (QED) is 0.805. The number of aromatic nitrogens is 3. The van der Waals surface area contributed by atoms with Gasteiger partial charge in [-0.05, 0) is 45.4 Å². The van der Waals surface area contributed by atoms with Gasteiger partial charge in [0.1, 0.15) is 11.2 Å². The van der Waals surface area contributed by atoms with Gasteiger partial charge in [-0.3, -0.25) is 4.79 Å². The number of thiazole rings is 1. The Bertz CT molecular complexity index is 795. The standard InChI is InChI=1S/C19H24N4O2S/c1-12-18(26-13(2)22-12)19(24)23-7-5-14(6-8-23)10-25-17-9-16(15-3-4-15)20-11-21-17/h9,11,14-15H,3-8,10H2,1-2H3. The Labute approximate surface area is 157 Å². The second-order valence-electron chi connectivity index (χ2n) is 7.25. The smallest absolute Gasteiger partial charge is 0.265 e. The molecule has 0 unspecified atom stereocenters. The fourth-order valence-electron chi connectivity index (χ4n) is 3.41. The number of nitrogens with zero attached hydrogens (tertiary/aromatic N) is 4. The predicted molar refractivity (Wildman–Crippen MR) is 99.7 cm³/mol. The maximum Gasteiger partial charge on any atom is 0.265 e. The fraction of sp³-hybridized carbons (Fsp3) is 0.579. The summed E-state index contributed by atoms with van der Waals surface area (Å²) >= 11 is 1.49. The van der Waals surface area contributed by atoms with Crippen LogP contribution in [-0.4, -0.2) is 45.5 Å². The molecule has 138 valence electrons. The molecule has 1 saturated carbocycles. The molecule has 2 aromatic heterocycles. The number of hydrogen-bond donors (Lipinski definition) is 0. The molecular formula is C19H24N4O2S. The zero-order valence-electron chi connectivity index (χ0n) is 15.3. The molecule has 0 radical (unpaired) electrons. The first kappa shape index (κ1) is 17.4. The van der Waals surface area contributed by atoms with Crippen LogP contribution in [0.3, 0.4) is 0 Å². The first-order chi connectivity index (χ1) is 12.6. The largest absolute Gasteiger partial charge is 0.477 e. The van der Waals surface area contributed by atoms with E-state index in [2.05, 4.69) is 15.0 Å². The number of amides is 1. The average Bonchev–Trinajstić information content (AvgIpc) is 3.45. The molecule has 4 rings (SSSR count). The van der Waals surface area contributed by atoms with Crippen LogP contribution in [0.4, 0.5) is 0 Å². The Balaban J connectivity index is 1.28. The van der Waals surface area contributed by atoms with Gasteiger partial charge in [0.15, 0.2) is 0 Å². The molecule has 3 heterocycles. The Morgan fingerprint density at radius 1 is 1.23 bits per heavy atom. The topological polar surface area (TPSA) is 68.2 Å². The van der Waals surface area contributed by atoms with Crippen LogP contribution in [0, 0.1) is 19.8 Å². The van der Waals surface area contributed by atoms with E-state index in [-0.39, 0.29) is 5.91 Å². The zero-order valence-corrected chi connectivity index (χ0v) is 16.1. The highest BCUT2D eigenvalue weighted by Crippen LogP contribution is 2.39. The van der Waals surface area contributed by atoms with Gasteiger partial charge in [0, 0.05) is 25.1 Å². The average molecular weight is 372 g/mol. The summed E-state index contributed by atoms with van der Waals surface area (Å²) in [4.78, 5) is 28.3. The molecule has 0 atom stereocenters. The predicted octanol–water partition coefficient (Wildman–Crippen LogP) is 3.36. The molecule has 2 fully saturated rings. The molecule has 1 aliphatic heterocycles.